The molecule has 1 aliphatic carbocycles. The van der Waals surface area contributed by atoms with Crippen LogP contribution in [0.15, 0.2) is 36.5 Å². The van der Waals surface area contributed by atoms with Gasteiger partial charge in [0.2, 0.25) is 5.91 Å². The fourth-order valence-corrected chi connectivity index (χ4v) is 4.43. The predicted octanol–water partition coefficient (Wildman–Crippen LogP) is 4.98. The molecule has 0 unspecified atom stereocenters. The molecule has 2 fully saturated rings. The van der Waals surface area contributed by atoms with Crippen LogP contribution in [0.1, 0.15) is 61.7 Å². The second-order valence-corrected chi connectivity index (χ2v) is 8.40. The van der Waals surface area contributed by atoms with Crippen LogP contribution in [0, 0.1) is 11.7 Å². The number of rotatable bonds is 5. The van der Waals surface area contributed by atoms with E-state index in [1.807, 2.05) is 0 Å². The normalized spacial score (nSPS) is 17.3. The van der Waals surface area contributed by atoms with Crippen LogP contribution in [0.25, 0.3) is 0 Å². The highest BCUT2D eigenvalue weighted by molar-refractivity contribution is 6.08. The summed E-state index contributed by atoms with van der Waals surface area (Å²) in [6, 6.07) is 7.73. The number of anilines is 3. The summed E-state index contributed by atoms with van der Waals surface area (Å²) in [6.07, 6.45) is 9.93. The van der Waals surface area contributed by atoms with Crippen LogP contribution in [0.4, 0.5) is 21.6 Å². The molecule has 1 aromatic heterocycles. The number of piperidine rings is 1. The van der Waals surface area contributed by atoms with E-state index in [1.54, 1.807) is 18.3 Å². The fraction of sp³-hybridized carbons (Fsp3) is 0.458. The van der Waals surface area contributed by atoms with Crippen molar-refractivity contribution in [2.45, 2.75) is 51.4 Å². The van der Waals surface area contributed by atoms with Crippen molar-refractivity contribution in [2.24, 2.45) is 5.92 Å². The van der Waals surface area contributed by atoms with Crippen LogP contribution in [-0.4, -0.2) is 29.9 Å². The number of carbonyl (C=O) groups is 2. The number of hydrogen-bond acceptors (Lipinski definition) is 4. The van der Waals surface area contributed by atoms with Crippen molar-refractivity contribution in [3.05, 3.63) is 47.9 Å². The third-order valence-electron chi connectivity index (χ3n) is 6.14. The van der Waals surface area contributed by atoms with Crippen LogP contribution in [-0.2, 0) is 4.79 Å². The summed E-state index contributed by atoms with van der Waals surface area (Å²) in [6.45, 7) is 1.76. The minimum absolute atomic E-state index is 0.0751. The Kier molecular flexibility index (Phi) is 6.79. The number of aromatic nitrogens is 1. The summed E-state index contributed by atoms with van der Waals surface area (Å²) in [5, 5.41) is 5.55. The van der Waals surface area contributed by atoms with Gasteiger partial charge in [-0.25, -0.2) is 9.37 Å². The summed E-state index contributed by atoms with van der Waals surface area (Å²) in [4.78, 5) is 32.1. The zero-order valence-electron chi connectivity index (χ0n) is 17.7. The Hall–Kier alpha value is -2.96. The van der Waals surface area contributed by atoms with Gasteiger partial charge in [-0.2, -0.15) is 0 Å². The maximum atomic E-state index is 14.3. The Morgan fingerprint density at radius 3 is 2.48 bits per heavy atom. The lowest BCUT2D eigenvalue weighted by Crippen LogP contribution is -2.32. The van der Waals surface area contributed by atoms with Crippen molar-refractivity contribution < 1.29 is 14.0 Å². The zero-order valence-corrected chi connectivity index (χ0v) is 17.7. The van der Waals surface area contributed by atoms with Gasteiger partial charge in [-0.3, -0.25) is 9.59 Å². The van der Waals surface area contributed by atoms with Crippen LogP contribution in [0.2, 0.25) is 0 Å². The van der Waals surface area contributed by atoms with Gasteiger partial charge in [0.05, 0.1) is 11.3 Å². The van der Waals surface area contributed by atoms with Gasteiger partial charge in [0.1, 0.15) is 11.6 Å². The van der Waals surface area contributed by atoms with Gasteiger partial charge in [-0.15, -0.1) is 0 Å². The van der Waals surface area contributed by atoms with E-state index in [-0.39, 0.29) is 23.4 Å². The van der Waals surface area contributed by atoms with E-state index in [0.717, 1.165) is 58.0 Å². The van der Waals surface area contributed by atoms with E-state index >= 15 is 0 Å². The van der Waals surface area contributed by atoms with Crippen LogP contribution < -0.4 is 15.5 Å². The summed E-state index contributed by atoms with van der Waals surface area (Å²) < 4.78 is 14.3. The van der Waals surface area contributed by atoms with Crippen molar-refractivity contribution >= 4 is 29.0 Å². The van der Waals surface area contributed by atoms with Crippen molar-refractivity contribution in [3.8, 4) is 0 Å². The summed E-state index contributed by atoms with van der Waals surface area (Å²) in [7, 11) is 0. The molecule has 1 saturated heterocycles. The van der Waals surface area contributed by atoms with Gasteiger partial charge in [-0.1, -0.05) is 19.3 Å². The van der Waals surface area contributed by atoms with Gasteiger partial charge < -0.3 is 15.5 Å². The topological polar surface area (TPSA) is 74.3 Å². The van der Waals surface area contributed by atoms with Crippen LogP contribution >= 0.6 is 0 Å². The number of halogens is 1. The molecule has 0 bridgehead atoms. The number of carbonyl (C=O) groups excluding carboxylic acids is 2. The molecule has 31 heavy (non-hydrogen) atoms. The highest BCUT2D eigenvalue weighted by Gasteiger charge is 2.23. The molecule has 1 aliphatic heterocycles. The molecule has 1 saturated carbocycles. The lowest BCUT2D eigenvalue weighted by Gasteiger charge is -2.29. The first kappa shape index (κ1) is 21.3. The molecule has 2 heterocycles. The van der Waals surface area contributed by atoms with Gasteiger partial charge >= 0.3 is 0 Å². The molecule has 2 aliphatic rings. The van der Waals surface area contributed by atoms with E-state index in [9.17, 15) is 14.0 Å². The number of nitrogens with one attached hydrogen (secondary N) is 2. The standard InChI is InChI=1S/C24H29FN4O2/c25-20-12-11-18(16-21(20)28-23(30)17-8-3-1-4-9-17)27-24(31)19-10-7-13-26-22(19)29-14-5-2-6-15-29/h7,10-13,16-17H,1-6,8-9,14-15H2,(H,27,31)(H,28,30). The molecule has 2 amide bonds. The maximum absolute atomic E-state index is 14.3. The number of nitrogens with zero attached hydrogens (tertiary/aromatic N) is 2. The monoisotopic (exact) mass is 424 g/mol. The smallest absolute Gasteiger partial charge is 0.259 e. The van der Waals surface area contributed by atoms with E-state index < -0.39 is 5.82 Å². The Balaban J connectivity index is 1.48. The molecule has 2 aromatic rings. The van der Waals surface area contributed by atoms with E-state index in [4.69, 9.17) is 0 Å². The Morgan fingerprint density at radius 1 is 0.968 bits per heavy atom. The van der Waals surface area contributed by atoms with E-state index in [2.05, 4.69) is 20.5 Å². The molecule has 6 nitrogen and oxygen atoms in total. The lowest BCUT2D eigenvalue weighted by molar-refractivity contribution is -0.120. The minimum Gasteiger partial charge on any atom is -0.356 e. The van der Waals surface area contributed by atoms with Crippen molar-refractivity contribution in [3.63, 3.8) is 0 Å². The third-order valence-corrected chi connectivity index (χ3v) is 6.14. The molecule has 0 radical (unpaired) electrons. The van der Waals surface area contributed by atoms with Gasteiger partial charge in [0.15, 0.2) is 0 Å². The van der Waals surface area contributed by atoms with Gasteiger partial charge in [0, 0.05) is 30.9 Å². The first-order valence-electron chi connectivity index (χ1n) is 11.2. The van der Waals surface area contributed by atoms with Gasteiger partial charge in [-0.05, 0) is 62.4 Å². The highest BCUT2D eigenvalue weighted by atomic mass is 19.1. The largest absolute Gasteiger partial charge is 0.356 e. The number of benzene rings is 1. The highest BCUT2D eigenvalue weighted by Crippen LogP contribution is 2.27. The average Bonchev–Trinajstić information content (AvgIpc) is 2.82. The summed E-state index contributed by atoms with van der Waals surface area (Å²) in [5.74, 6) is -0.370. The maximum Gasteiger partial charge on any atom is 0.259 e. The van der Waals surface area contributed by atoms with E-state index in [1.165, 1.54) is 24.6 Å². The molecular formula is C24H29FN4O2. The molecule has 1 aromatic carbocycles. The SMILES string of the molecule is O=C(Nc1ccc(F)c(NC(=O)C2CCCCC2)c1)c1cccnc1N1CCCCC1. The fourth-order valence-electron chi connectivity index (χ4n) is 4.43. The van der Waals surface area contributed by atoms with Crippen LogP contribution in [0.5, 0.6) is 0 Å². The quantitative estimate of drug-likeness (QED) is 0.710. The third kappa shape index (κ3) is 5.21. The second-order valence-electron chi connectivity index (χ2n) is 8.40. The number of hydrogen-bond donors (Lipinski definition) is 2. The summed E-state index contributed by atoms with van der Waals surface area (Å²) >= 11 is 0. The Morgan fingerprint density at radius 2 is 1.71 bits per heavy atom. The first-order chi connectivity index (χ1) is 15.1. The van der Waals surface area contributed by atoms with Crippen molar-refractivity contribution in [2.75, 3.05) is 28.6 Å². The number of pyridine rings is 1. The Labute approximate surface area is 182 Å². The summed E-state index contributed by atoms with van der Waals surface area (Å²) in [5.41, 5.74) is 1.01. The van der Waals surface area contributed by atoms with Crippen molar-refractivity contribution in [1.82, 2.24) is 4.98 Å². The van der Waals surface area contributed by atoms with E-state index in [0.29, 0.717) is 17.1 Å². The predicted molar refractivity (Wildman–Crippen MR) is 120 cm³/mol. The number of amides is 2. The molecule has 7 heteroatoms. The molecule has 164 valence electrons. The molecule has 2 N–H and O–H groups in total. The van der Waals surface area contributed by atoms with Gasteiger partial charge in [0.25, 0.3) is 5.91 Å². The molecule has 0 spiro atoms. The molecular weight excluding hydrogens is 395 g/mol. The second kappa shape index (κ2) is 9.90. The molecule has 0 atom stereocenters. The lowest BCUT2D eigenvalue weighted by atomic mass is 9.88. The molecule has 4 rings (SSSR count). The van der Waals surface area contributed by atoms with Crippen LogP contribution in [0.3, 0.4) is 0 Å². The van der Waals surface area contributed by atoms with Crippen molar-refractivity contribution in [1.29, 1.82) is 0 Å². The Bertz CT molecular complexity index is 937. The first-order valence-corrected chi connectivity index (χ1v) is 11.2. The zero-order chi connectivity index (χ0) is 21.6. The average molecular weight is 425 g/mol. The minimum atomic E-state index is -0.516.